The molecule has 1 aromatic rings. The van der Waals surface area contributed by atoms with Gasteiger partial charge in [-0.1, -0.05) is 6.07 Å². The van der Waals surface area contributed by atoms with Crippen molar-refractivity contribution in [2.24, 2.45) is 0 Å². The lowest BCUT2D eigenvalue weighted by atomic mass is 10.1. The first kappa shape index (κ1) is 14.3. The minimum Gasteiger partial charge on any atom is -0.465 e. The maximum atomic E-state index is 11.4. The van der Waals surface area contributed by atoms with Crippen LogP contribution in [0.25, 0.3) is 0 Å². The Morgan fingerprint density at radius 2 is 2.11 bits per heavy atom. The van der Waals surface area contributed by atoms with Gasteiger partial charge >= 0.3 is 5.97 Å². The Labute approximate surface area is 106 Å². The van der Waals surface area contributed by atoms with Gasteiger partial charge in [-0.25, -0.2) is 13.2 Å². The molecule has 0 amide bonds. The number of anilines is 2. The smallest absolute Gasteiger partial charge is 0.340 e. The van der Waals surface area contributed by atoms with Crippen LogP contribution in [-0.2, 0) is 14.6 Å². The zero-order chi connectivity index (χ0) is 13.8. The molecular formula is C11H16N2O4S. The third kappa shape index (κ3) is 3.92. The van der Waals surface area contributed by atoms with Crippen LogP contribution in [0.5, 0.6) is 0 Å². The van der Waals surface area contributed by atoms with Crippen LogP contribution in [0.4, 0.5) is 11.4 Å². The number of carbonyl (C=O) groups is 1. The van der Waals surface area contributed by atoms with Crippen LogP contribution in [0.1, 0.15) is 10.4 Å². The van der Waals surface area contributed by atoms with E-state index in [0.717, 1.165) is 6.26 Å². The quantitative estimate of drug-likeness (QED) is 0.598. The van der Waals surface area contributed by atoms with E-state index in [1.807, 2.05) is 0 Å². The van der Waals surface area contributed by atoms with Gasteiger partial charge < -0.3 is 15.8 Å². The molecule has 0 heterocycles. The molecule has 3 N–H and O–H groups in total. The molecule has 0 saturated carbocycles. The summed E-state index contributed by atoms with van der Waals surface area (Å²) in [6.07, 6.45) is 1.16. The second-order valence-electron chi connectivity index (χ2n) is 3.82. The summed E-state index contributed by atoms with van der Waals surface area (Å²) < 4.78 is 26.6. The van der Waals surface area contributed by atoms with Crippen LogP contribution in [0.15, 0.2) is 18.2 Å². The molecule has 6 nitrogen and oxygen atoms in total. The van der Waals surface area contributed by atoms with Crippen molar-refractivity contribution >= 4 is 27.2 Å². The Kier molecular flexibility index (Phi) is 4.55. The van der Waals surface area contributed by atoms with Crippen molar-refractivity contribution in [2.75, 3.05) is 36.7 Å². The third-order valence-electron chi connectivity index (χ3n) is 2.30. The topological polar surface area (TPSA) is 98.5 Å². The van der Waals surface area contributed by atoms with Crippen LogP contribution in [0.3, 0.4) is 0 Å². The largest absolute Gasteiger partial charge is 0.465 e. The Morgan fingerprint density at radius 1 is 1.44 bits per heavy atom. The highest BCUT2D eigenvalue weighted by atomic mass is 32.2. The SMILES string of the molecule is COC(=O)c1cccc(NCCS(C)(=O)=O)c1N. The van der Waals surface area contributed by atoms with E-state index in [1.54, 1.807) is 18.2 Å². The zero-order valence-electron chi connectivity index (χ0n) is 10.3. The summed E-state index contributed by atoms with van der Waals surface area (Å²) in [7, 11) is -1.76. The Balaban J connectivity index is 2.81. The van der Waals surface area contributed by atoms with E-state index in [4.69, 9.17) is 5.73 Å². The van der Waals surface area contributed by atoms with E-state index in [2.05, 4.69) is 10.1 Å². The fourth-order valence-electron chi connectivity index (χ4n) is 1.38. The van der Waals surface area contributed by atoms with Gasteiger partial charge in [0.2, 0.25) is 0 Å². The van der Waals surface area contributed by atoms with Gasteiger partial charge in [-0.3, -0.25) is 0 Å². The summed E-state index contributed by atoms with van der Waals surface area (Å²) in [5.74, 6) is -0.534. The number of nitrogens with two attached hydrogens (primary N) is 1. The molecule has 18 heavy (non-hydrogen) atoms. The molecule has 0 saturated heterocycles. The van der Waals surface area contributed by atoms with Crippen molar-refractivity contribution < 1.29 is 17.9 Å². The van der Waals surface area contributed by atoms with Crippen molar-refractivity contribution in [2.45, 2.75) is 0 Å². The summed E-state index contributed by atoms with van der Waals surface area (Å²) in [5.41, 5.74) is 6.81. The minimum atomic E-state index is -3.03. The maximum Gasteiger partial charge on any atom is 0.340 e. The van der Waals surface area contributed by atoms with Crippen LogP contribution in [0, 0.1) is 0 Å². The van der Waals surface area contributed by atoms with E-state index >= 15 is 0 Å². The van der Waals surface area contributed by atoms with Gasteiger partial charge in [0.25, 0.3) is 0 Å². The molecule has 0 spiro atoms. The highest BCUT2D eigenvalue weighted by Gasteiger charge is 2.12. The number of benzene rings is 1. The number of para-hydroxylation sites is 1. The normalized spacial score (nSPS) is 11.0. The van der Waals surface area contributed by atoms with Crippen molar-refractivity contribution in [3.8, 4) is 0 Å². The molecule has 0 radical (unpaired) electrons. The van der Waals surface area contributed by atoms with Crippen LogP contribution in [-0.4, -0.2) is 40.1 Å². The molecule has 100 valence electrons. The van der Waals surface area contributed by atoms with Crippen LogP contribution >= 0.6 is 0 Å². The Hall–Kier alpha value is -1.76. The monoisotopic (exact) mass is 272 g/mol. The number of esters is 1. The van der Waals surface area contributed by atoms with Gasteiger partial charge in [0.05, 0.1) is 29.8 Å². The predicted molar refractivity (Wildman–Crippen MR) is 70.4 cm³/mol. The molecule has 0 bridgehead atoms. The number of sulfone groups is 1. The van der Waals surface area contributed by atoms with Crippen molar-refractivity contribution in [1.82, 2.24) is 0 Å². The molecule has 1 aromatic carbocycles. The first-order valence-electron chi connectivity index (χ1n) is 5.23. The fraction of sp³-hybridized carbons (Fsp3) is 0.364. The van der Waals surface area contributed by atoms with Crippen LogP contribution in [0.2, 0.25) is 0 Å². The molecule has 0 aliphatic heterocycles. The minimum absolute atomic E-state index is 0.00507. The molecule has 7 heteroatoms. The second-order valence-corrected chi connectivity index (χ2v) is 6.07. The zero-order valence-corrected chi connectivity index (χ0v) is 11.1. The molecule has 0 aliphatic carbocycles. The number of carbonyl (C=O) groups excluding carboxylic acids is 1. The highest BCUT2D eigenvalue weighted by Crippen LogP contribution is 2.23. The lowest BCUT2D eigenvalue weighted by Crippen LogP contribution is -2.16. The first-order valence-corrected chi connectivity index (χ1v) is 7.29. The van der Waals surface area contributed by atoms with Gasteiger partial charge in [0, 0.05) is 12.8 Å². The standard InChI is InChI=1S/C11H16N2O4S/c1-17-11(14)8-4-3-5-9(10(8)12)13-6-7-18(2,15)16/h3-5,13H,6-7,12H2,1-2H3. The average molecular weight is 272 g/mol. The van der Waals surface area contributed by atoms with E-state index in [-0.39, 0.29) is 23.5 Å². The summed E-state index contributed by atoms with van der Waals surface area (Å²) in [6.45, 7) is 0.230. The molecular weight excluding hydrogens is 256 g/mol. The van der Waals surface area contributed by atoms with Gasteiger partial charge in [-0.05, 0) is 12.1 Å². The van der Waals surface area contributed by atoms with Gasteiger partial charge in [-0.15, -0.1) is 0 Å². The Morgan fingerprint density at radius 3 is 2.67 bits per heavy atom. The van der Waals surface area contributed by atoms with Crippen molar-refractivity contribution in [3.05, 3.63) is 23.8 Å². The summed E-state index contributed by atoms with van der Waals surface area (Å²) in [6, 6.07) is 4.86. The van der Waals surface area contributed by atoms with E-state index in [1.165, 1.54) is 7.11 Å². The van der Waals surface area contributed by atoms with E-state index in [0.29, 0.717) is 5.69 Å². The average Bonchev–Trinajstić information content (AvgIpc) is 2.29. The third-order valence-corrected chi connectivity index (χ3v) is 3.25. The van der Waals surface area contributed by atoms with Gasteiger partial charge in [0.15, 0.2) is 0 Å². The Bertz CT molecular complexity index is 540. The van der Waals surface area contributed by atoms with Gasteiger partial charge in [0.1, 0.15) is 9.84 Å². The van der Waals surface area contributed by atoms with E-state index < -0.39 is 15.8 Å². The number of hydrogen-bond acceptors (Lipinski definition) is 6. The molecule has 0 aromatic heterocycles. The van der Waals surface area contributed by atoms with Crippen LogP contribution < -0.4 is 11.1 Å². The van der Waals surface area contributed by atoms with Crippen molar-refractivity contribution in [1.29, 1.82) is 0 Å². The summed E-state index contributed by atoms with van der Waals surface area (Å²) in [4.78, 5) is 11.4. The second kappa shape index (κ2) is 5.72. The molecule has 0 atom stereocenters. The number of rotatable bonds is 5. The molecule has 0 unspecified atom stereocenters. The molecule has 0 aliphatic rings. The molecule has 0 fully saturated rings. The van der Waals surface area contributed by atoms with E-state index in [9.17, 15) is 13.2 Å². The number of nitrogen functional groups attached to an aromatic ring is 1. The number of ether oxygens (including phenoxy) is 1. The lowest BCUT2D eigenvalue weighted by Gasteiger charge is -2.11. The fourth-order valence-corrected chi connectivity index (χ4v) is 1.85. The summed E-state index contributed by atoms with van der Waals surface area (Å²) >= 11 is 0. The lowest BCUT2D eigenvalue weighted by molar-refractivity contribution is 0.0602. The number of nitrogens with one attached hydrogen (secondary N) is 1. The van der Waals surface area contributed by atoms with Gasteiger partial charge in [-0.2, -0.15) is 0 Å². The number of hydrogen-bond donors (Lipinski definition) is 2. The molecule has 1 rings (SSSR count). The first-order chi connectivity index (χ1) is 8.35. The van der Waals surface area contributed by atoms with Crippen molar-refractivity contribution in [3.63, 3.8) is 0 Å². The predicted octanol–water partition coefficient (Wildman–Crippen LogP) is 0.512. The number of methoxy groups -OCH3 is 1. The highest BCUT2D eigenvalue weighted by molar-refractivity contribution is 7.90. The maximum absolute atomic E-state index is 11.4. The summed E-state index contributed by atoms with van der Waals surface area (Å²) in [5, 5.41) is 2.88.